The number of hydrogen-bond acceptors (Lipinski definition) is 1. The summed E-state index contributed by atoms with van der Waals surface area (Å²) in [7, 11) is 0. The molecule has 1 heterocycles. The van der Waals surface area contributed by atoms with Gasteiger partial charge in [-0.25, -0.2) is 0 Å². The normalized spacial score (nSPS) is 19.1. The highest BCUT2D eigenvalue weighted by molar-refractivity contribution is 9.09. The van der Waals surface area contributed by atoms with Gasteiger partial charge in [0.05, 0.1) is 0 Å². The molecule has 1 fully saturated rings. The largest absolute Gasteiger partial charge is 0.302 e. The first-order valence-corrected chi connectivity index (χ1v) is 3.84. The lowest BCUT2D eigenvalue weighted by molar-refractivity contribution is 0.194. The third kappa shape index (κ3) is 2.46. The van der Waals surface area contributed by atoms with Crippen LogP contribution in [0.5, 0.6) is 0 Å². The zero-order valence-electron chi connectivity index (χ0n) is 4.77. The Kier molecular flexibility index (Phi) is 5.31. The minimum atomic E-state index is 0. The minimum Gasteiger partial charge on any atom is -0.302 e. The van der Waals surface area contributed by atoms with Gasteiger partial charge in [-0.2, -0.15) is 0 Å². The fourth-order valence-electron chi connectivity index (χ4n) is 0.725. The van der Waals surface area contributed by atoms with Crippen LogP contribution in [0.1, 0.15) is 6.42 Å². The highest BCUT2D eigenvalue weighted by Gasteiger charge is 2.10. The summed E-state index contributed by atoms with van der Waals surface area (Å²) in [5, 5.41) is 1.13. The lowest BCUT2D eigenvalue weighted by Gasteiger charge is -2.29. The Hall–Kier alpha value is 0.920. The van der Waals surface area contributed by atoms with E-state index in [4.69, 9.17) is 0 Å². The Balaban J connectivity index is 0.000000490. The van der Waals surface area contributed by atoms with Crippen LogP contribution in [0, 0.1) is 0 Å². The Labute approximate surface area is 69.3 Å². The van der Waals surface area contributed by atoms with E-state index >= 15 is 0 Å². The maximum atomic E-state index is 3.38. The zero-order chi connectivity index (χ0) is 5.11. The molecule has 0 bridgehead atoms. The molecule has 1 aliphatic rings. The van der Waals surface area contributed by atoms with Crippen molar-refractivity contribution in [1.29, 1.82) is 0 Å². The molecule has 0 aromatic rings. The summed E-state index contributed by atoms with van der Waals surface area (Å²) in [4.78, 5) is 2.44. The van der Waals surface area contributed by atoms with Gasteiger partial charge in [-0.15, -0.1) is 17.0 Å². The van der Waals surface area contributed by atoms with E-state index in [1.807, 2.05) is 0 Å². The quantitative estimate of drug-likeness (QED) is 0.669. The molecule has 0 aromatic carbocycles. The summed E-state index contributed by atoms with van der Waals surface area (Å²) in [6.07, 6.45) is 1.41. The van der Waals surface area contributed by atoms with Gasteiger partial charge in [0.15, 0.2) is 0 Å². The molecule has 0 amide bonds. The van der Waals surface area contributed by atoms with E-state index in [1.165, 1.54) is 26.1 Å². The summed E-state index contributed by atoms with van der Waals surface area (Å²) < 4.78 is 0. The molecule has 0 radical (unpaired) electrons. The topological polar surface area (TPSA) is 3.24 Å². The van der Waals surface area contributed by atoms with Crippen molar-refractivity contribution in [1.82, 2.24) is 4.90 Å². The summed E-state index contributed by atoms with van der Waals surface area (Å²) in [6, 6.07) is 0. The van der Waals surface area contributed by atoms with Crippen molar-refractivity contribution in [2.45, 2.75) is 6.42 Å². The van der Waals surface area contributed by atoms with Gasteiger partial charge in [0, 0.05) is 11.9 Å². The molecule has 0 atom stereocenters. The van der Waals surface area contributed by atoms with Gasteiger partial charge in [-0.3, -0.25) is 0 Å². The van der Waals surface area contributed by atoms with Crippen LogP contribution >= 0.6 is 32.9 Å². The second kappa shape index (κ2) is 4.77. The molecule has 0 N–H and O–H groups in total. The van der Waals surface area contributed by atoms with Crippen LogP contribution in [0.3, 0.4) is 0 Å². The van der Waals surface area contributed by atoms with Gasteiger partial charge in [-0.1, -0.05) is 15.9 Å². The Morgan fingerprint density at radius 3 is 2.12 bits per heavy atom. The maximum absolute atomic E-state index is 3.38. The lowest BCUT2D eigenvalue weighted by atomic mass is 10.2. The van der Waals surface area contributed by atoms with E-state index in [0.717, 1.165) is 5.33 Å². The molecule has 1 saturated heterocycles. The van der Waals surface area contributed by atoms with E-state index in [2.05, 4.69) is 20.8 Å². The fourth-order valence-corrected chi connectivity index (χ4v) is 1.23. The number of hydrogen-bond donors (Lipinski definition) is 0. The predicted octanol–water partition coefficient (Wildman–Crippen LogP) is 1.66. The van der Waals surface area contributed by atoms with Gasteiger partial charge >= 0.3 is 0 Å². The third-order valence-electron chi connectivity index (χ3n) is 1.35. The van der Waals surface area contributed by atoms with Crippen molar-refractivity contribution in [3.8, 4) is 0 Å². The summed E-state index contributed by atoms with van der Waals surface area (Å²) in [6.45, 7) is 3.89. The average molecular weight is 245 g/mol. The highest BCUT2D eigenvalue weighted by Crippen LogP contribution is 2.04. The van der Waals surface area contributed by atoms with Gasteiger partial charge in [0.25, 0.3) is 0 Å². The maximum Gasteiger partial charge on any atom is 0.0159 e. The number of likely N-dealkylation sites (tertiary alicyclic amines) is 1. The predicted molar refractivity (Wildman–Crippen MR) is 45.2 cm³/mol. The average Bonchev–Trinajstić information content (AvgIpc) is 1.55. The van der Waals surface area contributed by atoms with E-state index in [-0.39, 0.29) is 17.0 Å². The molecule has 0 saturated carbocycles. The molecular weight excluding hydrogens is 234 g/mol. The summed E-state index contributed by atoms with van der Waals surface area (Å²) in [5.41, 5.74) is 0. The Morgan fingerprint density at radius 1 is 1.38 bits per heavy atom. The standard InChI is InChI=1S/C5H10BrN.BrH/c6-2-5-7-3-1-4-7;/h1-5H2;1H. The minimum absolute atomic E-state index is 0. The molecular formula is C5H11Br2N. The van der Waals surface area contributed by atoms with Crippen molar-refractivity contribution in [3.05, 3.63) is 0 Å². The van der Waals surface area contributed by atoms with E-state index in [1.54, 1.807) is 0 Å². The molecule has 0 unspecified atom stereocenters. The Morgan fingerprint density at radius 2 is 2.00 bits per heavy atom. The number of alkyl halides is 1. The molecule has 8 heavy (non-hydrogen) atoms. The summed E-state index contributed by atoms with van der Waals surface area (Å²) >= 11 is 3.38. The molecule has 1 rings (SSSR count). The van der Waals surface area contributed by atoms with Crippen molar-refractivity contribution in [2.75, 3.05) is 25.0 Å². The van der Waals surface area contributed by atoms with Crippen LogP contribution in [-0.4, -0.2) is 29.9 Å². The second-order valence-corrected chi connectivity index (χ2v) is 2.68. The fraction of sp³-hybridized carbons (Fsp3) is 1.00. The molecule has 1 nitrogen and oxygen atoms in total. The van der Waals surface area contributed by atoms with E-state index in [0.29, 0.717) is 0 Å². The van der Waals surface area contributed by atoms with Crippen LogP contribution < -0.4 is 0 Å². The first kappa shape index (κ1) is 8.92. The molecule has 0 aliphatic carbocycles. The van der Waals surface area contributed by atoms with Gasteiger partial charge in [-0.05, 0) is 19.5 Å². The molecule has 50 valence electrons. The zero-order valence-corrected chi connectivity index (χ0v) is 8.07. The van der Waals surface area contributed by atoms with Crippen molar-refractivity contribution >= 4 is 32.9 Å². The molecule has 0 spiro atoms. The molecule has 3 heteroatoms. The highest BCUT2D eigenvalue weighted by atomic mass is 79.9. The second-order valence-electron chi connectivity index (χ2n) is 1.88. The Bertz CT molecular complexity index is 54.4. The van der Waals surface area contributed by atoms with Gasteiger partial charge in [0.1, 0.15) is 0 Å². The first-order valence-electron chi connectivity index (χ1n) is 2.72. The number of halogens is 2. The van der Waals surface area contributed by atoms with E-state index < -0.39 is 0 Å². The van der Waals surface area contributed by atoms with E-state index in [9.17, 15) is 0 Å². The first-order chi connectivity index (χ1) is 3.43. The smallest absolute Gasteiger partial charge is 0.0159 e. The van der Waals surface area contributed by atoms with Crippen molar-refractivity contribution in [3.63, 3.8) is 0 Å². The molecule has 1 aliphatic heterocycles. The van der Waals surface area contributed by atoms with Crippen molar-refractivity contribution < 1.29 is 0 Å². The monoisotopic (exact) mass is 243 g/mol. The van der Waals surface area contributed by atoms with Crippen LogP contribution in [0.2, 0.25) is 0 Å². The van der Waals surface area contributed by atoms with Crippen molar-refractivity contribution in [2.24, 2.45) is 0 Å². The lowest BCUT2D eigenvalue weighted by Crippen LogP contribution is -2.38. The van der Waals surface area contributed by atoms with Gasteiger partial charge < -0.3 is 4.90 Å². The number of nitrogens with zero attached hydrogens (tertiary/aromatic N) is 1. The third-order valence-corrected chi connectivity index (χ3v) is 1.70. The summed E-state index contributed by atoms with van der Waals surface area (Å²) in [5.74, 6) is 0. The van der Waals surface area contributed by atoms with Crippen LogP contribution in [-0.2, 0) is 0 Å². The van der Waals surface area contributed by atoms with Gasteiger partial charge in [0.2, 0.25) is 0 Å². The SMILES string of the molecule is Br.BrCCN1CCC1. The number of rotatable bonds is 2. The van der Waals surface area contributed by atoms with Crippen LogP contribution in [0.15, 0.2) is 0 Å². The van der Waals surface area contributed by atoms with Crippen LogP contribution in [0.4, 0.5) is 0 Å². The molecule has 0 aromatic heterocycles. The van der Waals surface area contributed by atoms with Crippen LogP contribution in [0.25, 0.3) is 0 Å².